The molecule has 4 rings (SSSR count). The summed E-state index contributed by atoms with van der Waals surface area (Å²) in [6.45, 7) is 1.96. The highest BCUT2D eigenvalue weighted by atomic mass is 16.5. The summed E-state index contributed by atoms with van der Waals surface area (Å²) in [5.74, 6) is 0.808. The van der Waals surface area contributed by atoms with E-state index in [4.69, 9.17) is 4.74 Å². The van der Waals surface area contributed by atoms with Crippen molar-refractivity contribution in [1.82, 2.24) is 9.88 Å². The molecule has 28 heavy (non-hydrogen) atoms. The van der Waals surface area contributed by atoms with Gasteiger partial charge in [-0.2, -0.15) is 0 Å². The first-order chi connectivity index (χ1) is 13.7. The summed E-state index contributed by atoms with van der Waals surface area (Å²) < 4.78 is 5.39. The maximum atomic E-state index is 13.0. The Balaban J connectivity index is 1.46. The highest BCUT2D eigenvalue weighted by Gasteiger charge is 2.22. The predicted octanol–water partition coefficient (Wildman–Crippen LogP) is 3.90. The number of benzene rings is 2. The third-order valence-electron chi connectivity index (χ3n) is 5.07. The van der Waals surface area contributed by atoms with Crippen LogP contribution >= 0.6 is 0 Å². The molecule has 2 heterocycles. The fourth-order valence-corrected chi connectivity index (χ4v) is 3.53. The van der Waals surface area contributed by atoms with Crippen molar-refractivity contribution in [1.29, 1.82) is 0 Å². The maximum Gasteiger partial charge on any atom is 0.272 e. The second-order valence-corrected chi connectivity index (χ2v) is 6.84. The summed E-state index contributed by atoms with van der Waals surface area (Å²) in [5, 5.41) is 3.36. The molecule has 0 bridgehead atoms. The number of anilines is 1. The molecule has 0 fully saturated rings. The van der Waals surface area contributed by atoms with Crippen molar-refractivity contribution < 1.29 is 9.53 Å². The molecule has 0 spiro atoms. The van der Waals surface area contributed by atoms with Crippen LogP contribution in [0.25, 0.3) is 0 Å². The summed E-state index contributed by atoms with van der Waals surface area (Å²) in [6.07, 6.45) is 2.56. The van der Waals surface area contributed by atoms with E-state index in [2.05, 4.69) is 28.5 Å². The first-order valence-electron chi connectivity index (χ1n) is 9.42. The average molecular weight is 373 g/mol. The number of fused-ring (bicyclic) bond motifs is 1. The minimum absolute atomic E-state index is 0.0320. The van der Waals surface area contributed by atoms with Gasteiger partial charge < -0.3 is 15.0 Å². The molecule has 3 aromatic rings. The Morgan fingerprint density at radius 3 is 2.75 bits per heavy atom. The van der Waals surface area contributed by atoms with Gasteiger partial charge in [-0.15, -0.1) is 0 Å². The van der Waals surface area contributed by atoms with E-state index >= 15 is 0 Å². The molecule has 1 amide bonds. The first kappa shape index (κ1) is 18.0. The van der Waals surface area contributed by atoms with E-state index in [9.17, 15) is 4.79 Å². The summed E-state index contributed by atoms with van der Waals surface area (Å²) in [5.41, 5.74) is 4.92. The van der Waals surface area contributed by atoms with Crippen molar-refractivity contribution in [3.05, 3.63) is 89.2 Å². The SMILES string of the molecule is COc1ccccc1CNc1ccnc(C(=O)N2CCc3ccccc3C2)c1. The monoisotopic (exact) mass is 373 g/mol. The number of aromatic nitrogens is 1. The topological polar surface area (TPSA) is 54.5 Å². The van der Waals surface area contributed by atoms with Crippen molar-refractivity contribution in [2.24, 2.45) is 0 Å². The lowest BCUT2D eigenvalue weighted by Crippen LogP contribution is -2.36. The van der Waals surface area contributed by atoms with Crippen LogP contribution in [-0.2, 0) is 19.5 Å². The van der Waals surface area contributed by atoms with Gasteiger partial charge in [0.05, 0.1) is 7.11 Å². The van der Waals surface area contributed by atoms with Crippen LogP contribution in [0.1, 0.15) is 27.2 Å². The van der Waals surface area contributed by atoms with Gasteiger partial charge in [0.1, 0.15) is 11.4 Å². The van der Waals surface area contributed by atoms with Crippen molar-refractivity contribution in [3.63, 3.8) is 0 Å². The second-order valence-electron chi connectivity index (χ2n) is 6.84. The van der Waals surface area contributed by atoms with Crippen LogP contribution in [0.2, 0.25) is 0 Å². The Morgan fingerprint density at radius 2 is 1.89 bits per heavy atom. The van der Waals surface area contributed by atoms with Crippen LogP contribution in [0.15, 0.2) is 66.9 Å². The third-order valence-corrected chi connectivity index (χ3v) is 5.07. The van der Waals surface area contributed by atoms with Crippen LogP contribution < -0.4 is 10.1 Å². The lowest BCUT2D eigenvalue weighted by atomic mass is 10.00. The fraction of sp³-hybridized carbons (Fsp3) is 0.217. The zero-order valence-electron chi connectivity index (χ0n) is 15.9. The number of hydrogen-bond acceptors (Lipinski definition) is 4. The number of hydrogen-bond donors (Lipinski definition) is 1. The fourth-order valence-electron chi connectivity index (χ4n) is 3.53. The molecule has 0 radical (unpaired) electrons. The van der Waals surface area contributed by atoms with Crippen molar-refractivity contribution >= 4 is 11.6 Å². The smallest absolute Gasteiger partial charge is 0.272 e. The zero-order valence-corrected chi connectivity index (χ0v) is 15.9. The number of rotatable bonds is 5. The molecular weight excluding hydrogens is 350 g/mol. The minimum atomic E-state index is -0.0320. The molecule has 142 valence electrons. The van der Waals surface area contributed by atoms with Gasteiger partial charge in [-0.1, -0.05) is 42.5 Å². The summed E-state index contributed by atoms with van der Waals surface area (Å²) in [4.78, 5) is 19.1. The van der Waals surface area contributed by atoms with Gasteiger partial charge in [-0.3, -0.25) is 9.78 Å². The predicted molar refractivity (Wildman–Crippen MR) is 109 cm³/mol. The number of pyridine rings is 1. The number of methoxy groups -OCH3 is 1. The average Bonchev–Trinajstić information content (AvgIpc) is 2.77. The molecule has 1 aliphatic heterocycles. The molecule has 0 atom stereocenters. The molecule has 5 nitrogen and oxygen atoms in total. The highest BCUT2D eigenvalue weighted by Crippen LogP contribution is 2.22. The zero-order chi connectivity index (χ0) is 19.3. The molecule has 1 aliphatic rings. The number of carbonyl (C=O) groups excluding carboxylic acids is 1. The van der Waals surface area contributed by atoms with E-state index in [0.29, 0.717) is 18.8 Å². The molecular formula is C23H23N3O2. The normalized spacial score (nSPS) is 13.0. The summed E-state index contributed by atoms with van der Waals surface area (Å²) >= 11 is 0. The van der Waals surface area contributed by atoms with Gasteiger partial charge in [0, 0.05) is 37.1 Å². The van der Waals surface area contributed by atoms with Gasteiger partial charge >= 0.3 is 0 Å². The Morgan fingerprint density at radius 1 is 1.11 bits per heavy atom. The first-order valence-corrected chi connectivity index (χ1v) is 9.42. The standard InChI is InChI=1S/C23H23N3O2/c1-28-22-9-5-4-7-18(22)15-25-20-10-12-24-21(14-20)23(27)26-13-11-17-6-2-3-8-19(17)16-26/h2-10,12,14H,11,13,15-16H2,1H3,(H,24,25). The number of para-hydroxylation sites is 1. The van der Waals surface area contributed by atoms with E-state index < -0.39 is 0 Å². The largest absolute Gasteiger partial charge is 0.496 e. The Hall–Kier alpha value is -3.34. The number of carbonyl (C=O) groups is 1. The van der Waals surface area contributed by atoms with Gasteiger partial charge in [-0.05, 0) is 35.7 Å². The van der Waals surface area contributed by atoms with Crippen LogP contribution in [0.4, 0.5) is 5.69 Å². The number of nitrogens with zero attached hydrogens (tertiary/aromatic N) is 2. The van der Waals surface area contributed by atoms with E-state index in [0.717, 1.165) is 30.0 Å². The maximum absolute atomic E-state index is 13.0. The summed E-state index contributed by atoms with van der Waals surface area (Å²) in [6, 6.07) is 19.9. The van der Waals surface area contributed by atoms with Gasteiger partial charge in [0.15, 0.2) is 0 Å². The van der Waals surface area contributed by atoms with Crippen LogP contribution in [0.5, 0.6) is 5.75 Å². The quantitative estimate of drug-likeness (QED) is 0.737. The molecule has 0 saturated heterocycles. The summed E-state index contributed by atoms with van der Waals surface area (Å²) in [7, 11) is 1.67. The highest BCUT2D eigenvalue weighted by molar-refractivity contribution is 5.93. The van der Waals surface area contributed by atoms with Crippen molar-refractivity contribution in [2.75, 3.05) is 19.0 Å². The van der Waals surface area contributed by atoms with E-state index in [-0.39, 0.29) is 5.91 Å². The Bertz CT molecular complexity index is 987. The minimum Gasteiger partial charge on any atom is -0.496 e. The Labute approximate surface area is 165 Å². The molecule has 0 aliphatic carbocycles. The molecule has 0 saturated carbocycles. The number of nitrogens with one attached hydrogen (secondary N) is 1. The molecule has 1 aromatic heterocycles. The lowest BCUT2D eigenvalue weighted by molar-refractivity contribution is 0.0729. The van der Waals surface area contributed by atoms with Gasteiger partial charge in [-0.25, -0.2) is 0 Å². The van der Waals surface area contributed by atoms with Crippen LogP contribution in [-0.4, -0.2) is 29.4 Å². The van der Waals surface area contributed by atoms with E-state index in [1.165, 1.54) is 11.1 Å². The molecule has 0 unspecified atom stereocenters. The molecule has 2 aromatic carbocycles. The second kappa shape index (κ2) is 8.13. The Kier molecular flexibility index (Phi) is 5.24. The lowest BCUT2D eigenvalue weighted by Gasteiger charge is -2.28. The number of amides is 1. The van der Waals surface area contributed by atoms with E-state index in [1.807, 2.05) is 47.4 Å². The third kappa shape index (κ3) is 3.83. The van der Waals surface area contributed by atoms with Crippen LogP contribution in [0.3, 0.4) is 0 Å². The van der Waals surface area contributed by atoms with Crippen molar-refractivity contribution in [3.8, 4) is 5.75 Å². The molecule has 5 heteroatoms. The molecule has 1 N–H and O–H groups in total. The van der Waals surface area contributed by atoms with Gasteiger partial charge in [0.25, 0.3) is 5.91 Å². The number of ether oxygens (including phenoxy) is 1. The van der Waals surface area contributed by atoms with Crippen LogP contribution in [0, 0.1) is 0 Å². The van der Waals surface area contributed by atoms with Gasteiger partial charge in [0.2, 0.25) is 0 Å². The van der Waals surface area contributed by atoms with Crippen molar-refractivity contribution in [2.45, 2.75) is 19.5 Å². The van der Waals surface area contributed by atoms with E-state index in [1.54, 1.807) is 13.3 Å².